The first-order chi connectivity index (χ1) is 13.7. The zero-order valence-corrected chi connectivity index (χ0v) is 18.8. The van der Waals surface area contributed by atoms with Gasteiger partial charge < -0.3 is 4.74 Å². The molecule has 0 aromatic rings. The van der Waals surface area contributed by atoms with Gasteiger partial charge in [-0.15, -0.1) is 0 Å². The van der Waals surface area contributed by atoms with Crippen molar-refractivity contribution >= 4 is 22.6 Å². The van der Waals surface area contributed by atoms with Gasteiger partial charge >= 0.3 is 5.97 Å². The highest BCUT2D eigenvalue weighted by molar-refractivity contribution is 7.85. The third-order valence-electron chi connectivity index (χ3n) is 9.91. The van der Waals surface area contributed by atoms with Crippen molar-refractivity contribution in [3.63, 3.8) is 0 Å². The number of ether oxygens (including phenoxy) is 1. The van der Waals surface area contributed by atoms with Gasteiger partial charge in [0.25, 0.3) is 0 Å². The van der Waals surface area contributed by atoms with E-state index < -0.39 is 10.8 Å². The summed E-state index contributed by atoms with van der Waals surface area (Å²) in [6, 6.07) is 0. The van der Waals surface area contributed by atoms with Gasteiger partial charge in [0.2, 0.25) is 0 Å². The van der Waals surface area contributed by atoms with Crippen LogP contribution in [0.25, 0.3) is 0 Å². The maximum Gasteiger partial charge on any atom is 0.306 e. The van der Waals surface area contributed by atoms with Crippen molar-refractivity contribution in [1.29, 1.82) is 0 Å². The summed E-state index contributed by atoms with van der Waals surface area (Å²) in [6.45, 7) is 6.76. The van der Waals surface area contributed by atoms with E-state index in [9.17, 15) is 13.8 Å². The van der Waals surface area contributed by atoms with Crippen molar-refractivity contribution in [2.75, 3.05) is 5.75 Å². The molecule has 0 aromatic heterocycles. The fourth-order valence-electron chi connectivity index (χ4n) is 8.28. The average molecular weight is 419 g/mol. The zero-order chi connectivity index (χ0) is 20.6. The Hall–Kier alpha value is -0.970. The molecule has 5 heteroatoms. The molecule has 1 aliphatic heterocycles. The number of rotatable bonds is 2. The Kier molecular flexibility index (Phi) is 4.48. The number of fused-ring (bicyclic) bond motifs is 6. The fraction of sp³-hybridized carbons (Fsp3) is 0.833. The molecule has 1 saturated heterocycles. The van der Waals surface area contributed by atoms with Crippen LogP contribution >= 0.6 is 0 Å². The van der Waals surface area contributed by atoms with Crippen LogP contribution in [-0.2, 0) is 25.1 Å². The summed E-state index contributed by atoms with van der Waals surface area (Å²) in [6.07, 6.45) is 9.92. The van der Waals surface area contributed by atoms with Crippen LogP contribution in [0.2, 0.25) is 0 Å². The summed E-state index contributed by atoms with van der Waals surface area (Å²) >= 11 is 0. The molecule has 160 valence electrons. The monoisotopic (exact) mass is 418 g/mol. The number of carbonyl (C=O) groups is 2. The SMILES string of the molecule is CCS(=O)[C@@H]1CC2=CC(=O)CCC2(C)C2CCC3(C)C(CCC34CCC(=O)O4)C21. The molecule has 8 atom stereocenters. The lowest BCUT2D eigenvalue weighted by Crippen LogP contribution is -2.59. The lowest BCUT2D eigenvalue weighted by molar-refractivity contribution is -0.167. The maximum atomic E-state index is 13.3. The highest BCUT2D eigenvalue weighted by atomic mass is 32.2. The molecule has 0 N–H and O–H groups in total. The van der Waals surface area contributed by atoms with E-state index in [1.54, 1.807) is 0 Å². The normalized spacial score (nSPS) is 49.8. The minimum absolute atomic E-state index is 0.00141. The van der Waals surface area contributed by atoms with Gasteiger partial charge in [-0.25, -0.2) is 0 Å². The van der Waals surface area contributed by atoms with E-state index in [4.69, 9.17) is 4.74 Å². The lowest BCUT2D eigenvalue weighted by Gasteiger charge is -2.61. The predicted molar refractivity (Wildman–Crippen MR) is 113 cm³/mol. The molecule has 29 heavy (non-hydrogen) atoms. The quantitative estimate of drug-likeness (QED) is 0.626. The number of esters is 1. The van der Waals surface area contributed by atoms with Gasteiger partial charge in [0.05, 0.1) is 0 Å². The van der Waals surface area contributed by atoms with Crippen molar-refractivity contribution in [3.05, 3.63) is 11.6 Å². The van der Waals surface area contributed by atoms with E-state index in [2.05, 4.69) is 13.8 Å². The van der Waals surface area contributed by atoms with Crippen LogP contribution in [0.4, 0.5) is 0 Å². The third kappa shape index (κ3) is 2.58. The highest BCUT2D eigenvalue weighted by Crippen LogP contribution is 2.70. The molecule has 0 radical (unpaired) electrons. The topological polar surface area (TPSA) is 60.4 Å². The van der Waals surface area contributed by atoms with Gasteiger partial charge in [-0.05, 0) is 74.2 Å². The van der Waals surface area contributed by atoms with Gasteiger partial charge in [-0.1, -0.05) is 26.3 Å². The number of hydrogen-bond donors (Lipinski definition) is 0. The van der Waals surface area contributed by atoms with Crippen molar-refractivity contribution in [2.24, 2.45) is 28.6 Å². The van der Waals surface area contributed by atoms with Gasteiger partial charge in [0, 0.05) is 40.1 Å². The Balaban J connectivity index is 1.58. The van der Waals surface area contributed by atoms with Crippen LogP contribution in [0.15, 0.2) is 11.6 Å². The maximum absolute atomic E-state index is 13.3. The van der Waals surface area contributed by atoms with Crippen LogP contribution < -0.4 is 0 Å². The first-order valence-corrected chi connectivity index (χ1v) is 13.0. The first kappa shape index (κ1) is 20.0. The summed E-state index contributed by atoms with van der Waals surface area (Å²) in [5.41, 5.74) is 1.04. The molecule has 4 nitrogen and oxygen atoms in total. The van der Waals surface area contributed by atoms with Gasteiger partial charge in [0.1, 0.15) is 5.60 Å². The minimum Gasteiger partial charge on any atom is -0.458 e. The Morgan fingerprint density at radius 2 is 1.83 bits per heavy atom. The summed E-state index contributed by atoms with van der Waals surface area (Å²) in [5, 5.41) is 0.132. The molecular weight excluding hydrogens is 384 g/mol. The lowest BCUT2D eigenvalue weighted by atomic mass is 9.46. The fourth-order valence-corrected chi connectivity index (χ4v) is 9.80. The standard InChI is InChI=1S/C24H34O4S/c1-4-29(27)19-14-15-13-16(25)5-9-22(15,2)17-6-10-23(3)18(21(17)19)7-11-24(23)12-8-20(26)28-24/h13,17-19,21H,4-12,14H2,1-3H3/t17?,18?,19-,21?,22?,23?,24?,29?/m1/s1. The molecule has 5 rings (SSSR count). The molecule has 4 fully saturated rings. The van der Waals surface area contributed by atoms with Gasteiger partial charge in [-0.3, -0.25) is 13.8 Å². The largest absolute Gasteiger partial charge is 0.458 e. The minimum atomic E-state index is -0.884. The Bertz CT molecular complexity index is 818. The van der Waals surface area contributed by atoms with E-state index in [1.807, 2.05) is 13.0 Å². The summed E-state index contributed by atoms with van der Waals surface area (Å²) < 4.78 is 19.3. The van der Waals surface area contributed by atoms with Crippen LogP contribution in [-0.4, -0.2) is 32.6 Å². The number of carbonyl (C=O) groups excluding carboxylic acids is 2. The van der Waals surface area contributed by atoms with Crippen LogP contribution in [0.5, 0.6) is 0 Å². The first-order valence-electron chi connectivity index (χ1n) is 11.6. The predicted octanol–water partition coefficient (Wildman–Crippen LogP) is 4.34. The summed E-state index contributed by atoms with van der Waals surface area (Å²) in [4.78, 5) is 24.3. The molecule has 3 saturated carbocycles. The molecule has 0 aromatic carbocycles. The third-order valence-corrected chi connectivity index (χ3v) is 11.6. The molecular formula is C24H34O4S. The summed E-state index contributed by atoms with van der Waals surface area (Å²) in [7, 11) is -0.884. The number of ketones is 1. The van der Waals surface area contributed by atoms with E-state index in [0.29, 0.717) is 36.3 Å². The molecule has 7 unspecified atom stereocenters. The molecule has 1 spiro atoms. The number of hydrogen-bond acceptors (Lipinski definition) is 4. The van der Waals surface area contributed by atoms with Crippen molar-refractivity contribution in [1.82, 2.24) is 0 Å². The van der Waals surface area contributed by atoms with Crippen LogP contribution in [0.3, 0.4) is 0 Å². The molecule has 0 amide bonds. The Morgan fingerprint density at radius 1 is 1.07 bits per heavy atom. The van der Waals surface area contributed by atoms with Gasteiger partial charge in [-0.2, -0.15) is 0 Å². The average Bonchev–Trinajstić information content (AvgIpc) is 3.22. The zero-order valence-electron chi connectivity index (χ0n) is 18.0. The molecule has 1 heterocycles. The highest BCUT2D eigenvalue weighted by Gasteiger charge is 2.68. The second-order valence-corrected chi connectivity index (χ2v) is 12.7. The van der Waals surface area contributed by atoms with Crippen molar-refractivity contribution < 1.29 is 18.5 Å². The molecule has 4 aliphatic carbocycles. The van der Waals surface area contributed by atoms with E-state index in [1.165, 1.54) is 5.57 Å². The van der Waals surface area contributed by atoms with Crippen molar-refractivity contribution in [3.8, 4) is 0 Å². The van der Waals surface area contributed by atoms with Crippen molar-refractivity contribution in [2.45, 2.75) is 89.4 Å². The number of allylic oxidation sites excluding steroid dienone is 1. The van der Waals surface area contributed by atoms with Crippen LogP contribution in [0.1, 0.15) is 78.6 Å². The van der Waals surface area contributed by atoms with Gasteiger partial charge in [0.15, 0.2) is 5.78 Å². The Morgan fingerprint density at radius 3 is 2.52 bits per heavy atom. The molecule has 5 aliphatic rings. The molecule has 0 bridgehead atoms. The van der Waals surface area contributed by atoms with Crippen LogP contribution in [0, 0.1) is 28.6 Å². The van der Waals surface area contributed by atoms with E-state index >= 15 is 0 Å². The summed E-state index contributed by atoms with van der Waals surface area (Å²) in [5.74, 6) is 2.24. The Labute approximate surface area is 176 Å². The smallest absolute Gasteiger partial charge is 0.306 e. The second-order valence-electron chi connectivity index (χ2n) is 10.7. The van der Waals surface area contributed by atoms with E-state index in [0.717, 1.165) is 44.9 Å². The van der Waals surface area contributed by atoms with E-state index in [-0.39, 0.29) is 33.4 Å². The second kappa shape index (κ2) is 6.51.